The molecule has 1 aromatic heterocycles. The number of alkyl halides is 5. The molecule has 1 atom stereocenters. The predicted molar refractivity (Wildman–Crippen MR) is 125 cm³/mol. The van der Waals surface area contributed by atoms with Crippen LogP contribution in [0.3, 0.4) is 0 Å². The van der Waals surface area contributed by atoms with E-state index in [0.717, 1.165) is 18.1 Å². The minimum Gasteiger partial charge on any atom is -0.487 e. The van der Waals surface area contributed by atoms with Crippen LogP contribution in [0.4, 0.5) is 27.8 Å². The van der Waals surface area contributed by atoms with E-state index in [2.05, 4.69) is 20.5 Å². The van der Waals surface area contributed by atoms with Gasteiger partial charge in [0.2, 0.25) is 5.91 Å². The zero-order chi connectivity index (χ0) is 27.0. The quantitative estimate of drug-likeness (QED) is 0.346. The maximum Gasteiger partial charge on any atom is 0.522 e. The van der Waals surface area contributed by atoms with E-state index in [-0.39, 0.29) is 42.4 Å². The smallest absolute Gasteiger partial charge is 0.487 e. The Bertz CT molecular complexity index is 1200. The molecule has 14 heteroatoms. The molecule has 0 radical (unpaired) electrons. The molecular weight excluding hydrogens is 523 g/mol. The molecule has 1 aliphatic carbocycles. The standard InChI is InChI=1S/C23H25F5N4O4S/c1-21(24,25)12-35-14-4-5-15-13(8-14)9-22(15)10-16-18(20(34)30-22)19(29-17(33)11-37-2)32(31-16)6-3-7-36-23(26,27)28/h4-5,8H,3,6-7,9-12H2,1-2H3,(H,29,33)(H,30,34). The number of nitrogens with zero attached hydrogens (tertiary/aromatic N) is 2. The SMILES string of the molecule is CSCC(=O)Nc1c2c(nn1CCCOC(F)(F)F)CC1(Cc3cc(OCC(C)(F)F)ccc31)NC2=O. The third-order valence-corrected chi connectivity index (χ3v) is 6.51. The Morgan fingerprint density at radius 2 is 2.03 bits per heavy atom. The summed E-state index contributed by atoms with van der Waals surface area (Å²) in [5, 5.41) is 10.1. The molecule has 0 bridgehead atoms. The van der Waals surface area contributed by atoms with Crippen LogP contribution < -0.4 is 15.4 Å². The molecule has 2 aromatic rings. The largest absolute Gasteiger partial charge is 0.522 e. The number of anilines is 1. The van der Waals surface area contributed by atoms with Gasteiger partial charge in [-0.1, -0.05) is 6.07 Å². The van der Waals surface area contributed by atoms with Gasteiger partial charge in [-0.2, -0.15) is 16.9 Å². The first-order chi connectivity index (χ1) is 17.3. The summed E-state index contributed by atoms with van der Waals surface area (Å²) < 4.78 is 73.5. The summed E-state index contributed by atoms with van der Waals surface area (Å²) in [6.07, 6.45) is -2.39. The number of aromatic nitrogens is 2. The van der Waals surface area contributed by atoms with Crippen LogP contribution in [0, 0.1) is 0 Å². The van der Waals surface area contributed by atoms with E-state index < -0.39 is 36.9 Å². The fourth-order valence-corrected chi connectivity index (χ4v) is 4.87. The molecule has 2 heterocycles. The highest BCUT2D eigenvalue weighted by molar-refractivity contribution is 7.99. The maximum absolute atomic E-state index is 13.2. The lowest BCUT2D eigenvalue weighted by molar-refractivity contribution is -0.324. The first kappa shape index (κ1) is 27.2. The van der Waals surface area contributed by atoms with Crippen LogP contribution in [-0.2, 0) is 34.5 Å². The fraction of sp³-hybridized carbons (Fsp3) is 0.522. The molecule has 37 heavy (non-hydrogen) atoms. The van der Waals surface area contributed by atoms with Crippen molar-refractivity contribution < 1.29 is 41.0 Å². The molecule has 2 aliphatic rings. The van der Waals surface area contributed by atoms with E-state index in [1.54, 1.807) is 24.5 Å². The number of carbonyl (C=O) groups excluding carboxylic acids is 2. The Hall–Kier alpha value is -2.87. The van der Waals surface area contributed by atoms with Crippen molar-refractivity contribution in [3.05, 3.63) is 40.6 Å². The van der Waals surface area contributed by atoms with Crippen LogP contribution in [0.5, 0.6) is 5.75 Å². The highest BCUT2D eigenvalue weighted by Crippen LogP contribution is 2.46. The van der Waals surface area contributed by atoms with Gasteiger partial charge in [0, 0.05) is 26.3 Å². The molecule has 202 valence electrons. The Labute approximate surface area is 213 Å². The molecule has 1 aromatic carbocycles. The topological polar surface area (TPSA) is 94.5 Å². The first-order valence-corrected chi connectivity index (χ1v) is 12.8. The molecule has 2 N–H and O–H groups in total. The molecule has 4 rings (SSSR count). The highest BCUT2D eigenvalue weighted by atomic mass is 32.2. The second kappa shape index (κ2) is 10.1. The molecule has 0 saturated carbocycles. The minimum absolute atomic E-state index is 0.0163. The third kappa shape index (κ3) is 6.17. The van der Waals surface area contributed by atoms with Crippen LogP contribution in [-0.4, -0.2) is 59.1 Å². The summed E-state index contributed by atoms with van der Waals surface area (Å²) in [5.74, 6) is -3.30. The summed E-state index contributed by atoms with van der Waals surface area (Å²) in [6, 6.07) is 4.92. The van der Waals surface area contributed by atoms with Crippen molar-refractivity contribution in [3.8, 4) is 5.75 Å². The van der Waals surface area contributed by atoms with E-state index in [4.69, 9.17) is 4.74 Å². The number of carbonyl (C=O) groups is 2. The van der Waals surface area contributed by atoms with Gasteiger partial charge in [0.25, 0.3) is 11.8 Å². The Morgan fingerprint density at radius 1 is 1.27 bits per heavy atom. The zero-order valence-electron chi connectivity index (χ0n) is 20.0. The maximum atomic E-state index is 13.2. The van der Waals surface area contributed by atoms with Gasteiger partial charge in [-0.15, -0.1) is 13.2 Å². The molecule has 1 unspecified atom stereocenters. The molecule has 2 amide bonds. The zero-order valence-corrected chi connectivity index (χ0v) is 20.8. The Balaban J connectivity index is 1.55. The Morgan fingerprint density at radius 3 is 2.68 bits per heavy atom. The number of aryl methyl sites for hydroxylation is 1. The van der Waals surface area contributed by atoms with Crippen molar-refractivity contribution in [3.63, 3.8) is 0 Å². The number of benzene rings is 1. The van der Waals surface area contributed by atoms with Crippen molar-refractivity contribution >= 4 is 29.4 Å². The number of fused-ring (bicyclic) bond motifs is 3. The number of nitrogens with one attached hydrogen (secondary N) is 2. The highest BCUT2D eigenvalue weighted by Gasteiger charge is 2.49. The van der Waals surface area contributed by atoms with Gasteiger partial charge in [-0.05, 0) is 35.9 Å². The lowest BCUT2D eigenvalue weighted by Crippen LogP contribution is -2.57. The van der Waals surface area contributed by atoms with Gasteiger partial charge < -0.3 is 15.4 Å². The van der Waals surface area contributed by atoms with Gasteiger partial charge in [0.1, 0.15) is 17.1 Å². The predicted octanol–water partition coefficient (Wildman–Crippen LogP) is 3.88. The van der Waals surface area contributed by atoms with Crippen molar-refractivity contribution in [2.75, 3.05) is 30.5 Å². The van der Waals surface area contributed by atoms with Crippen LogP contribution >= 0.6 is 11.8 Å². The molecule has 0 saturated heterocycles. The summed E-state index contributed by atoms with van der Waals surface area (Å²) in [5.41, 5.74) is 1.42. The molecular formula is C23H25F5N4O4S. The molecule has 1 aliphatic heterocycles. The number of rotatable bonds is 10. The van der Waals surface area contributed by atoms with E-state index in [1.807, 2.05) is 0 Å². The van der Waals surface area contributed by atoms with Gasteiger partial charge in [0.05, 0.1) is 23.6 Å². The summed E-state index contributed by atoms with van der Waals surface area (Å²) in [4.78, 5) is 25.5. The minimum atomic E-state index is -4.76. The van der Waals surface area contributed by atoms with Gasteiger partial charge in [-0.25, -0.2) is 13.5 Å². The number of amides is 2. The summed E-state index contributed by atoms with van der Waals surface area (Å²) in [7, 11) is 0. The average molecular weight is 549 g/mol. The van der Waals surface area contributed by atoms with Crippen molar-refractivity contribution in [2.24, 2.45) is 0 Å². The number of hydrogen-bond donors (Lipinski definition) is 2. The first-order valence-electron chi connectivity index (χ1n) is 11.4. The summed E-state index contributed by atoms with van der Waals surface area (Å²) >= 11 is 1.27. The van der Waals surface area contributed by atoms with Crippen LogP contribution in [0.25, 0.3) is 0 Å². The second-order valence-electron chi connectivity index (χ2n) is 9.09. The molecule has 0 fully saturated rings. The monoisotopic (exact) mass is 548 g/mol. The number of halogens is 5. The number of ether oxygens (including phenoxy) is 2. The van der Waals surface area contributed by atoms with Gasteiger partial charge >= 0.3 is 6.36 Å². The second-order valence-corrected chi connectivity index (χ2v) is 9.96. The van der Waals surface area contributed by atoms with E-state index in [1.165, 1.54) is 16.4 Å². The summed E-state index contributed by atoms with van der Waals surface area (Å²) in [6.45, 7) is -0.617. The van der Waals surface area contributed by atoms with E-state index >= 15 is 0 Å². The van der Waals surface area contributed by atoms with Crippen LogP contribution in [0.1, 0.15) is 40.5 Å². The number of thioether (sulfide) groups is 1. The van der Waals surface area contributed by atoms with E-state index in [0.29, 0.717) is 17.9 Å². The lowest BCUT2D eigenvalue weighted by atomic mass is 9.66. The van der Waals surface area contributed by atoms with Gasteiger partial charge in [0.15, 0.2) is 6.61 Å². The lowest BCUT2D eigenvalue weighted by Gasteiger charge is -2.46. The van der Waals surface area contributed by atoms with Crippen molar-refractivity contribution in [1.82, 2.24) is 15.1 Å². The normalized spacial score (nSPS) is 18.6. The molecule has 8 nitrogen and oxygen atoms in total. The van der Waals surface area contributed by atoms with Crippen LogP contribution in [0.2, 0.25) is 0 Å². The van der Waals surface area contributed by atoms with Crippen LogP contribution in [0.15, 0.2) is 18.2 Å². The van der Waals surface area contributed by atoms with Gasteiger partial charge in [-0.3, -0.25) is 14.3 Å². The fourth-order valence-electron chi connectivity index (χ4n) is 4.54. The average Bonchev–Trinajstić information content (AvgIpc) is 3.11. The van der Waals surface area contributed by atoms with Crippen molar-refractivity contribution in [2.45, 2.75) is 50.6 Å². The molecule has 1 spiro atoms. The number of hydrogen-bond acceptors (Lipinski definition) is 6. The van der Waals surface area contributed by atoms with E-state index in [9.17, 15) is 31.5 Å². The third-order valence-electron chi connectivity index (χ3n) is 5.96. The van der Waals surface area contributed by atoms with Crippen molar-refractivity contribution in [1.29, 1.82) is 0 Å². The Kier molecular flexibility index (Phi) is 7.43.